The summed E-state index contributed by atoms with van der Waals surface area (Å²) in [6.45, 7) is 6.03. The van der Waals surface area contributed by atoms with Crippen molar-refractivity contribution < 1.29 is 4.74 Å². The Bertz CT molecular complexity index is 881. The van der Waals surface area contributed by atoms with E-state index in [4.69, 9.17) is 4.74 Å². The van der Waals surface area contributed by atoms with Crippen LogP contribution in [0, 0.1) is 20.8 Å². The van der Waals surface area contributed by atoms with E-state index in [1.54, 1.807) is 7.11 Å². The lowest BCUT2D eigenvalue weighted by Gasteiger charge is -2.13. The summed E-state index contributed by atoms with van der Waals surface area (Å²) in [5, 5.41) is 3.35. The Morgan fingerprint density at radius 3 is 2.36 bits per heavy atom. The molecule has 0 aliphatic heterocycles. The van der Waals surface area contributed by atoms with Crippen LogP contribution in [0.3, 0.4) is 0 Å². The van der Waals surface area contributed by atoms with Crippen LogP contribution in [-0.2, 0) is 0 Å². The van der Waals surface area contributed by atoms with Crippen molar-refractivity contribution in [2.75, 3.05) is 12.4 Å². The fourth-order valence-corrected chi connectivity index (χ4v) is 2.64. The maximum absolute atomic E-state index is 5.43. The Morgan fingerprint density at radius 1 is 0.880 bits per heavy atom. The molecule has 0 aliphatic carbocycles. The highest BCUT2D eigenvalue weighted by molar-refractivity contribution is 5.85. The van der Waals surface area contributed by atoms with Gasteiger partial charge in [-0.1, -0.05) is 29.8 Å². The number of aryl methyl sites for hydroxylation is 3. The molecule has 0 saturated carbocycles. The van der Waals surface area contributed by atoms with Gasteiger partial charge in [0.2, 0.25) is 0 Å². The number of ether oxygens (including phenoxy) is 1. The normalized spacial score (nSPS) is 10.1. The molecule has 0 fully saturated rings. The lowest BCUT2D eigenvalue weighted by atomic mass is 10.1. The van der Waals surface area contributed by atoms with Crippen molar-refractivity contribution in [2.24, 2.45) is 0 Å². The Hall–Kier alpha value is -2.59. The fourth-order valence-electron chi connectivity index (χ4n) is 2.64. The quantitative estimate of drug-likeness (QED) is 0.695. The third-order valence-electron chi connectivity index (χ3n) is 3.77. The number of aromatic nitrogens is 2. The zero-order chi connectivity index (χ0) is 17.1. The van der Waals surface area contributed by atoms with Gasteiger partial charge in [0.1, 0.15) is 17.4 Å². The van der Waals surface area contributed by atoms with Crippen molar-refractivity contribution in [3.05, 3.63) is 65.5 Å². The first-order valence-electron chi connectivity index (χ1n) is 7.89. The predicted octanol–water partition coefficient (Wildman–Crippen LogP) is 5.24. The lowest BCUT2D eigenvalue weighted by Crippen LogP contribution is -2.01. The highest BCUT2D eigenvalue weighted by Gasteiger charge is 2.08. The van der Waals surface area contributed by atoms with Crippen LogP contribution in [0.15, 0.2) is 48.5 Å². The molecule has 0 atom stereocenters. The Balaban J connectivity index is 0.00000225. The molecule has 4 nitrogen and oxygen atoms in total. The first-order chi connectivity index (χ1) is 11.5. The van der Waals surface area contributed by atoms with Crippen molar-refractivity contribution in [3.63, 3.8) is 0 Å². The smallest absolute Gasteiger partial charge is 0.142 e. The molecular weight excluding hydrogens is 334 g/mol. The summed E-state index contributed by atoms with van der Waals surface area (Å²) in [7, 11) is 1.67. The summed E-state index contributed by atoms with van der Waals surface area (Å²) < 4.78 is 5.43. The number of benzene rings is 2. The van der Waals surface area contributed by atoms with Gasteiger partial charge in [0, 0.05) is 11.6 Å². The van der Waals surface area contributed by atoms with Crippen molar-refractivity contribution in [1.82, 2.24) is 9.97 Å². The average molecular weight is 356 g/mol. The van der Waals surface area contributed by atoms with E-state index in [1.807, 2.05) is 44.2 Å². The monoisotopic (exact) mass is 355 g/mol. The summed E-state index contributed by atoms with van der Waals surface area (Å²) in [4.78, 5) is 9.07. The van der Waals surface area contributed by atoms with Crippen LogP contribution in [-0.4, -0.2) is 17.1 Å². The molecule has 0 bridgehead atoms. The SMILES string of the molecule is COc1ccc(C)cc1Nc1cc(-c2cccc(C)c2)nc(C)n1.Cl. The van der Waals surface area contributed by atoms with Gasteiger partial charge in [0.05, 0.1) is 18.5 Å². The van der Waals surface area contributed by atoms with E-state index in [0.29, 0.717) is 0 Å². The number of nitrogens with zero attached hydrogens (tertiary/aromatic N) is 2. The van der Waals surface area contributed by atoms with E-state index in [-0.39, 0.29) is 12.4 Å². The molecule has 0 radical (unpaired) electrons. The van der Waals surface area contributed by atoms with Crippen molar-refractivity contribution in [3.8, 4) is 17.0 Å². The molecule has 2 aromatic carbocycles. The first-order valence-corrected chi connectivity index (χ1v) is 7.89. The molecule has 1 aromatic heterocycles. The third-order valence-corrected chi connectivity index (χ3v) is 3.77. The second-order valence-electron chi connectivity index (χ2n) is 5.88. The number of hydrogen-bond acceptors (Lipinski definition) is 4. The summed E-state index contributed by atoms with van der Waals surface area (Å²) in [6.07, 6.45) is 0. The standard InChI is InChI=1S/C20H21N3O.ClH/c1-13-6-5-7-16(10-13)17-12-20(22-15(3)21-17)23-18-11-14(2)8-9-19(18)24-4;/h5-12H,1-4H3,(H,21,22,23);1H. The minimum Gasteiger partial charge on any atom is -0.495 e. The summed E-state index contributed by atoms with van der Waals surface area (Å²) in [5.74, 6) is 2.26. The minimum atomic E-state index is 0. The van der Waals surface area contributed by atoms with Crippen molar-refractivity contribution in [2.45, 2.75) is 20.8 Å². The molecule has 0 amide bonds. The zero-order valence-corrected chi connectivity index (χ0v) is 15.6. The largest absolute Gasteiger partial charge is 0.495 e. The number of hydrogen-bond donors (Lipinski definition) is 1. The molecule has 3 rings (SSSR count). The minimum absolute atomic E-state index is 0. The van der Waals surface area contributed by atoms with Gasteiger partial charge in [-0.05, 0) is 44.5 Å². The number of halogens is 1. The van der Waals surface area contributed by atoms with Crippen LogP contribution >= 0.6 is 12.4 Å². The molecule has 5 heteroatoms. The highest BCUT2D eigenvalue weighted by Crippen LogP contribution is 2.29. The van der Waals surface area contributed by atoms with Gasteiger partial charge in [-0.3, -0.25) is 0 Å². The lowest BCUT2D eigenvalue weighted by molar-refractivity contribution is 0.416. The zero-order valence-electron chi connectivity index (χ0n) is 14.8. The molecule has 0 spiro atoms. The van der Waals surface area contributed by atoms with E-state index in [0.717, 1.165) is 39.9 Å². The van der Waals surface area contributed by atoms with E-state index in [9.17, 15) is 0 Å². The topological polar surface area (TPSA) is 47.0 Å². The summed E-state index contributed by atoms with van der Waals surface area (Å²) in [6, 6.07) is 16.3. The number of nitrogens with one attached hydrogen (secondary N) is 1. The number of rotatable bonds is 4. The maximum atomic E-state index is 5.43. The molecule has 3 aromatic rings. The van der Waals surface area contributed by atoms with E-state index >= 15 is 0 Å². The Kier molecular flexibility index (Phi) is 5.99. The Morgan fingerprint density at radius 2 is 1.64 bits per heavy atom. The van der Waals surface area contributed by atoms with E-state index in [2.05, 4.69) is 40.4 Å². The second kappa shape index (κ2) is 7.99. The van der Waals surface area contributed by atoms with Gasteiger partial charge >= 0.3 is 0 Å². The highest BCUT2D eigenvalue weighted by atomic mass is 35.5. The van der Waals surface area contributed by atoms with Crippen molar-refractivity contribution >= 4 is 23.9 Å². The molecular formula is C20H22ClN3O. The van der Waals surface area contributed by atoms with Crippen LogP contribution < -0.4 is 10.1 Å². The molecule has 1 N–H and O–H groups in total. The molecule has 1 heterocycles. The van der Waals surface area contributed by atoms with Crippen molar-refractivity contribution in [1.29, 1.82) is 0 Å². The first kappa shape index (κ1) is 18.7. The van der Waals surface area contributed by atoms with Gasteiger partial charge in [-0.2, -0.15) is 0 Å². The molecule has 25 heavy (non-hydrogen) atoms. The van der Waals surface area contributed by atoms with Gasteiger partial charge in [-0.25, -0.2) is 9.97 Å². The van der Waals surface area contributed by atoms with E-state index in [1.165, 1.54) is 5.56 Å². The number of methoxy groups -OCH3 is 1. The van der Waals surface area contributed by atoms with Crippen LogP contribution in [0.4, 0.5) is 11.5 Å². The van der Waals surface area contributed by atoms with Gasteiger partial charge in [0.15, 0.2) is 0 Å². The van der Waals surface area contributed by atoms with E-state index < -0.39 is 0 Å². The third kappa shape index (κ3) is 4.48. The number of anilines is 2. The predicted molar refractivity (Wildman–Crippen MR) is 105 cm³/mol. The summed E-state index contributed by atoms with van der Waals surface area (Å²) in [5.41, 5.74) is 5.24. The Labute approximate surface area is 154 Å². The molecule has 0 saturated heterocycles. The molecule has 0 aliphatic rings. The summed E-state index contributed by atoms with van der Waals surface area (Å²) >= 11 is 0. The second-order valence-corrected chi connectivity index (χ2v) is 5.88. The fraction of sp³-hybridized carbons (Fsp3) is 0.200. The average Bonchev–Trinajstić information content (AvgIpc) is 2.54. The van der Waals surface area contributed by atoms with Gasteiger partial charge in [0.25, 0.3) is 0 Å². The van der Waals surface area contributed by atoms with Gasteiger partial charge < -0.3 is 10.1 Å². The molecule has 130 valence electrons. The van der Waals surface area contributed by atoms with Crippen LogP contribution in [0.1, 0.15) is 17.0 Å². The molecule has 0 unspecified atom stereocenters. The van der Waals surface area contributed by atoms with Gasteiger partial charge in [-0.15, -0.1) is 12.4 Å². The van der Waals surface area contributed by atoms with Crippen LogP contribution in [0.5, 0.6) is 5.75 Å². The van der Waals surface area contributed by atoms with Crippen LogP contribution in [0.2, 0.25) is 0 Å². The van der Waals surface area contributed by atoms with Crippen LogP contribution in [0.25, 0.3) is 11.3 Å². The maximum Gasteiger partial charge on any atom is 0.142 e.